The number of methoxy groups -OCH3 is 1. The van der Waals surface area contributed by atoms with Gasteiger partial charge in [-0.05, 0) is 43.7 Å². The fourth-order valence-corrected chi connectivity index (χ4v) is 1.78. The van der Waals surface area contributed by atoms with Gasteiger partial charge >= 0.3 is 0 Å². The summed E-state index contributed by atoms with van der Waals surface area (Å²) >= 11 is 0. The third-order valence-electron chi connectivity index (χ3n) is 2.76. The van der Waals surface area contributed by atoms with Crippen molar-refractivity contribution in [1.82, 2.24) is 4.98 Å². The van der Waals surface area contributed by atoms with Gasteiger partial charge in [-0.15, -0.1) is 0 Å². The summed E-state index contributed by atoms with van der Waals surface area (Å²) in [5, 5.41) is 3.34. The van der Waals surface area contributed by atoms with E-state index in [0.29, 0.717) is 12.4 Å². The normalized spacial score (nSPS) is 10.4. The van der Waals surface area contributed by atoms with E-state index in [1.807, 2.05) is 50.2 Å². The van der Waals surface area contributed by atoms with E-state index in [2.05, 4.69) is 10.3 Å². The van der Waals surface area contributed by atoms with Crippen LogP contribution >= 0.6 is 0 Å². The van der Waals surface area contributed by atoms with Gasteiger partial charge in [0.05, 0.1) is 18.9 Å². The van der Waals surface area contributed by atoms with Gasteiger partial charge in [-0.1, -0.05) is 12.1 Å². The Morgan fingerprint density at radius 3 is 2.55 bits per heavy atom. The van der Waals surface area contributed by atoms with Crippen LogP contribution in [0.5, 0.6) is 11.6 Å². The quantitative estimate of drug-likeness (QED) is 0.874. The number of ether oxygens (including phenoxy) is 2. The topological polar surface area (TPSA) is 43.4 Å². The third-order valence-corrected chi connectivity index (χ3v) is 2.76. The zero-order valence-corrected chi connectivity index (χ0v) is 12.1. The number of nitrogens with zero attached hydrogens (tertiary/aromatic N) is 1. The van der Waals surface area contributed by atoms with E-state index in [1.165, 1.54) is 5.56 Å². The molecule has 2 rings (SSSR count). The first-order chi connectivity index (χ1) is 9.69. The highest BCUT2D eigenvalue weighted by Gasteiger charge is 2.06. The fraction of sp³-hybridized carbons (Fsp3) is 0.312. The van der Waals surface area contributed by atoms with Gasteiger partial charge in [0.15, 0.2) is 0 Å². The van der Waals surface area contributed by atoms with Crippen molar-refractivity contribution >= 4 is 5.69 Å². The van der Waals surface area contributed by atoms with Crippen molar-refractivity contribution in [2.24, 2.45) is 0 Å². The van der Waals surface area contributed by atoms with E-state index < -0.39 is 0 Å². The molecule has 106 valence electrons. The highest BCUT2D eigenvalue weighted by atomic mass is 16.5. The second kappa shape index (κ2) is 6.80. The standard InChI is InChI=1S/C16H20N2O2/c1-12(2)20-16-15(5-4-10-17-16)18-11-13-6-8-14(19-3)9-7-13/h4-10,12,18H,11H2,1-3H3. The molecule has 0 saturated heterocycles. The van der Waals surface area contributed by atoms with Gasteiger partial charge in [-0.3, -0.25) is 0 Å². The molecule has 0 amide bonds. The first-order valence-corrected chi connectivity index (χ1v) is 6.67. The first kappa shape index (κ1) is 14.2. The Morgan fingerprint density at radius 2 is 1.90 bits per heavy atom. The monoisotopic (exact) mass is 272 g/mol. The fourth-order valence-electron chi connectivity index (χ4n) is 1.78. The maximum atomic E-state index is 5.68. The lowest BCUT2D eigenvalue weighted by Gasteiger charge is -2.14. The Hall–Kier alpha value is -2.23. The van der Waals surface area contributed by atoms with Crippen LogP contribution in [0.1, 0.15) is 19.4 Å². The number of anilines is 1. The van der Waals surface area contributed by atoms with E-state index in [0.717, 1.165) is 11.4 Å². The Kier molecular flexibility index (Phi) is 4.82. The SMILES string of the molecule is COc1ccc(CNc2cccnc2OC(C)C)cc1. The lowest BCUT2D eigenvalue weighted by molar-refractivity contribution is 0.234. The summed E-state index contributed by atoms with van der Waals surface area (Å²) < 4.78 is 10.8. The zero-order chi connectivity index (χ0) is 14.4. The van der Waals surface area contributed by atoms with Crippen molar-refractivity contribution in [3.63, 3.8) is 0 Å². The van der Waals surface area contributed by atoms with Gasteiger partial charge in [0.2, 0.25) is 5.88 Å². The molecule has 20 heavy (non-hydrogen) atoms. The summed E-state index contributed by atoms with van der Waals surface area (Å²) in [6.45, 7) is 4.69. The average Bonchev–Trinajstić information content (AvgIpc) is 2.46. The van der Waals surface area contributed by atoms with E-state index in [4.69, 9.17) is 9.47 Å². The van der Waals surface area contributed by atoms with Crippen LogP contribution in [0.3, 0.4) is 0 Å². The molecule has 1 heterocycles. The lowest BCUT2D eigenvalue weighted by atomic mass is 10.2. The molecular weight excluding hydrogens is 252 g/mol. The van der Waals surface area contributed by atoms with Gasteiger partial charge in [-0.25, -0.2) is 4.98 Å². The number of rotatable bonds is 6. The molecule has 4 heteroatoms. The zero-order valence-electron chi connectivity index (χ0n) is 12.1. The van der Waals surface area contributed by atoms with Crippen LogP contribution in [0.25, 0.3) is 0 Å². The second-order valence-electron chi connectivity index (χ2n) is 4.72. The Balaban J connectivity index is 2.02. The van der Waals surface area contributed by atoms with Crippen molar-refractivity contribution in [3.05, 3.63) is 48.2 Å². The van der Waals surface area contributed by atoms with Crippen LogP contribution in [0.2, 0.25) is 0 Å². The maximum Gasteiger partial charge on any atom is 0.237 e. The van der Waals surface area contributed by atoms with E-state index >= 15 is 0 Å². The molecule has 0 fully saturated rings. The number of nitrogens with one attached hydrogen (secondary N) is 1. The van der Waals surface area contributed by atoms with Crippen LogP contribution in [0.4, 0.5) is 5.69 Å². The van der Waals surface area contributed by atoms with Gasteiger partial charge in [0.1, 0.15) is 5.75 Å². The van der Waals surface area contributed by atoms with Crippen LogP contribution in [0, 0.1) is 0 Å². The van der Waals surface area contributed by atoms with E-state index in [1.54, 1.807) is 13.3 Å². The molecule has 0 radical (unpaired) electrons. The predicted molar refractivity (Wildman–Crippen MR) is 80.3 cm³/mol. The molecule has 1 N–H and O–H groups in total. The van der Waals surface area contributed by atoms with Crippen LogP contribution in [-0.2, 0) is 6.54 Å². The van der Waals surface area contributed by atoms with Gasteiger partial charge in [0, 0.05) is 12.7 Å². The predicted octanol–water partition coefficient (Wildman–Crippen LogP) is 3.49. The van der Waals surface area contributed by atoms with Crippen LogP contribution < -0.4 is 14.8 Å². The minimum absolute atomic E-state index is 0.103. The maximum absolute atomic E-state index is 5.68. The molecular formula is C16H20N2O2. The van der Waals surface area contributed by atoms with Crippen LogP contribution in [0.15, 0.2) is 42.6 Å². The molecule has 0 saturated carbocycles. The molecule has 0 atom stereocenters. The largest absolute Gasteiger partial charge is 0.497 e. The Labute approximate surface area is 119 Å². The molecule has 4 nitrogen and oxygen atoms in total. The van der Waals surface area contributed by atoms with Gasteiger partial charge in [-0.2, -0.15) is 0 Å². The second-order valence-corrected chi connectivity index (χ2v) is 4.72. The van der Waals surface area contributed by atoms with E-state index in [9.17, 15) is 0 Å². The third kappa shape index (κ3) is 3.88. The summed E-state index contributed by atoms with van der Waals surface area (Å²) in [6, 6.07) is 11.8. The Morgan fingerprint density at radius 1 is 1.15 bits per heavy atom. The Bertz CT molecular complexity index is 538. The molecule has 0 aliphatic carbocycles. The number of aromatic nitrogens is 1. The van der Waals surface area contributed by atoms with Gasteiger partial charge in [0.25, 0.3) is 0 Å². The van der Waals surface area contributed by atoms with Crippen molar-refractivity contribution in [3.8, 4) is 11.6 Å². The summed E-state index contributed by atoms with van der Waals surface area (Å²) in [7, 11) is 1.67. The van der Waals surface area contributed by atoms with Crippen molar-refractivity contribution < 1.29 is 9.47 Å². The highest BCUT2D eigenvalue weighted by molar-refractivity contribution is 5.52. The molecule has 2 aromatic rings. The van der Waals surface area contributed by atoms with Crippen molar-refractivity contribution in [2.75, 3.05) is 12.4 Å². The molecule has 0 unspecified atom stereocenters. The number of hydrogen-bond acceptors (Lipinski definition) is 4. The van der Waals surface area contributed by atoms with Crippen LogP contribution in [-0.4, -0.2) is 18.2 Å². The molecule has 0 aliphatic rings. The molecule has 0 bridgehead atoms. The molecule has 0 aliphatic heterocycles. The van der Waals surface area contributed by atoms with Crippen molar-refractivity contribution in [1.29, 1.82) is 0 Å². The number of hydrogen-bond donors (Lipinski definition) is 1. The highest BCUT2D eigenvalue weighted by Crippen LogP contribution is 2.22. The number of benzene rings is 1. The minimum atomic E-state index is 0.103. The smallest absolute Gasteiger partial charge is 0.237 e. The minimum Gasteiger partial charge on any atom is -0.497 e. The van der Waals surface area contributed by atoms with Gasteiger partial charge < -0.3 is 14.8 Å². The molecule has 1 aromatic carbocycles. The summed E-state index contributed by atoms with van der Waals surface area (Å²) in [5.41, 5.74) is 2.07. The first-order valence-electron chi connectivity index (χ1n) is 6.67. The molecule has 1 aromatic heterocycles. The summed E-state index contributed by atoms with van der Waals surface area (Å²) in [5.74, 6) is 1.50. The van der Waals surface area contributed by atoms with Crippen molar-refractivity contribution in [2.45, 2.75) is 26.5 Å². The number of pyridine rings is 1. The summed E-state index contributed by atoms with van der Waals surface area (Å²) in [4.78, 5) is 4.25. The lowest BCUT2D eigenvalue weighted by Crippen LogP contribution is -2.10. The average molecular weight is 272 g/mol. The van der Waals surface area contributed by atoms with E-state index in [-0.39, 0.29) is 6.10 Å². The summed E-state index contributed by atoms with van der Waals surface area (Å²) in [6.07, 6.45) is 1.84. The molecule has 0 spiro atoms.